The number of carbonyl (C=O) groups is 2. The van der Waals surface area contributed by atoms with E-state index < -0.39 is 17.3 Å². The second kappa shape index (κ2) is 9.90. The molecule has 1 aromatic carbocycles. The van der Waals surface area contributed by atoms with Gasteiger partial charge in [0.1, 0.15) is 5.60 Å². The number of pyridine rings is 1. The van der Waals surface area contributed by atoms with Gasteiger partial charge in [0.15, 0.2) is 0 Å². The zero-order valence-electron chi connectivity index (χ0n) is 20.2. The first kappa shape index (κ1) is 24.7. The standard InChI is InChI=1S/C24H29N5O5/c1-7-29(23(32)28(6)14-16-10-8-9-13-25-16)21-26-18-12-11-17(15(2)19(18)20(30)33-21)27-22(31)34-24(3,4)5/h8-13H,7,14H2,1-6H3,(H,27,31). The highest BCUT2D eigenvalue weighted by Gasteiger charge is 2.24. The van der Waals surface area contributed by atoms with E-state index in [1.54, 1.807) is 66.1 Å². The van der Waals surface area contributed by atoms with Crippen molar-refractivity contribution in [1.29, 1.82) is 0 Å². The van der Waals surface area contributed by atoms with Gasteiger partial charge in [0, 0.05) is 25.5 Å². The predicted octanol–water partition coefficient (Wildman–Crippen LogP) is 4.32. The van der Waals surface area contributed by atoms with Crippen molar-refractivity contribution >= 4 is 34.7 Å². The third-order valence-electron chi connectivity index (χ3n) is 4.91. The van der Waals surface area contributed by atoms with Crippen molar-refractivity contribution in [2.75, 3.05) is 23.8 Å². The number of nitrogens with zero attached hydrogens (tertiary/aromatic N) is 4. The lowest BCUT2D eigenvalue weighted by atomic mass is 10.1. The van der Waals surface area contributed by atoms with Crippen molar-refractivity contribution < 1.29 is 18.7 Å². The van der Waals surface area contributed by atoms with Crippen LogP contribution in [0, 0.1) is 6.92 Å². The fourth-order valence-corrected chi connectivity index (χ4v) is 3.33. The minimum atomic E-state index is -0.663. The van der Waals surface area contributed by atoms with Crippen LogP contribution in [-0.4, -0.2) is 46.2 Å². The van der Waals surface area contributed by atoms with Gasteiger partial charge in [-0.05, 0) is 64.4 Å². The number of nitrogens with one attached hydrogen (secondary N) is 1. The van der Waals surface area contributed by atoms with Crippen molar-refractivity contribution in [3.05, 3.63) is 58.2 Å². The molecule has 180 valence electrons. The van der Waals surface area contributed by atoms with E-state index in [4.69, 9.17) is 9.15 Å². The summed E-state index contributed by atoms with van der Waals surface area (Å²) >= 11 is 0. The topological polar surface area (TPSA) is 118 Å². The number of carbonyl (C=O) groups excluding carboxylic acids is 2. The third kappa shape index (κ3) is 5.69. The van der Waals surface area contributed by atoms with Crippen LogP contribution in [0.3, 0.4) is 0 Å². The Hall–Kier alpha value is -3.95. The van der Waals surface area contributed by atoms with Gasteiger partial charge in [-0.25, -0.2) is 19.3 Å². The average molecular weight is 468 g/mol. The molecule has 0 aliphatic rings. The lowest BCUT2D eigenvalue weighted by molar-refractivity contribution is 0.0635. The molecule has 0 aliphatic carbocycles. The second-order valence-electron chi connectivity index (χ2n) is 8.75. The predicted molar refractivity (Wildman–Crippen MR) is 129 cm³/mol. The molecule has 10 nitrogen and oxygen atoms in total. The molecule has 3 aromatic rings. The van der Waals surface area contributed by atoms with Crippen LogP contribution < -0.4 is 15.8 Å². The number of ether oxygens (including phenoxy) is 1. The highest BCUT2D eigenvalue weighted by Crippen LogP contribution is 2.25. The molecule has 0 unspecified atom stereocenters. The number of amides is 3. The molecule has 0 saturated heterocycles. The van der Waals surface area contributed by atoms with Gasteiger partial charge in [-0.3, -0.25) is 10.3 Å². The summed E-state index contributed by atoms with van der Waals surface area (Å²) < 4.78 is 10.7. The number of fused-ring (bicyclic) bond motifs is 1. The van der Waals surface area contributed by atoms with Crippen LogP contribution in [0.2, 0.25) is 0 Å². The number of benzene rings is 1. The maximum Gasteiger partial charge on any atom is 0.412 e. The van der Waals surface area contributed by atoms with Gasteiger partial charge in [0.25, 0.3) is 0 Å². The maximum absolute atomic E-state index is 13.0. The maximum atomic E-state index is 13.0. The third-order valence-corrected chi connectivity index (χ3v) is 4.91. The number of hydrogen-bond donors (Lipinski definition) is 1. The first-order chi connectivity index (χ1) is 16.0. The molecule has 34 heavy (non-hydrogen) atoms. The Kier molecular flexibility index (Phi) is 7.19. The lowest BCUT2D eigenvalue weighted by Gasteiger charge is -2.25. The quantitative estimate of drug-likeness (QED) is 0.594. The van der Waals surface area contributed by atoms with Gasteiger partial charge >= 0.3 is 23.8 Å². The van der Waals surface area contributed by atoms with Crippen molar-refractivity contribution in [3.63, 3.8) is 0 Å². The molecule has 0 spiro atoms. The Labute approximate surface area is 197 Å². The Balaban J connectivity index is 1.89. The van der Waals surface area contributed by atoms with Crippen molar-refractivity contribution in [2.24, 2.45) is 0 Å². The average Bonchev–Trinajstić information content (AvgIpc) is 2.75. The van der Waals surface area contributed by atoms with Crippen molar-refractivity contribution in [1.82, 2.24) is 14.9 Å². The molecule has 0 aliphatic heterocycles. The molecule has 0 fully saturated rings. The summed E-state index contributed by atoms with van der Waals surface area (Å²) in [5.74, 6) is 0. The molecule has 1 N–H and O–H groups in total. The summed E-state index contributed by atoms with van der Waals surface area (Å²) in [6.07, 6.45) is 1.02. The molecule has 10 heteroatoms. The number of rotatable bonds is 5. The SMILES string of the molecule is CCN(C(=O)N(C)Cc1ccccn1)c1nc2ccc(NC(=O)OC(C)(C)C)c(C)c2c(=O)o1. The Morgan fingerprint density at radius 3 is 2.53 bits per heavy atom. The van der Waals surface area contributed by atoms with Crippen LogP contribution in [0.4, 0.5) is 21.3 Å². The highest BCUT2D eigenvalue weighted by molar-refractivity contribution is 5.94. The van der Waals surface area contributed by atoms with Gasteiger partial charge in [-0.1, -0.05) is 6.07 Å². The normalized spacial score (nSPS) is 11.2. The van der Waals surface area contributed by atoms with E-state index in [0.29, 0.717) is 16.8 Å². The van der Waals surface area contributed by atoms with Crippen LogP contribution >= 0.6 is 0 Å². The number of anilines is 2. The fourth-order valence-electron chi connectivity index (χ4n) is 3.33. The minimum absolute atomic E-state index is 0.106. The molecule has 0 radical (unpaired) electrons. The largest absolute Gasteiger partial charge is 0.444 e. The van der Waals surface area contributed by atoms with Crippen molar-refractivity contribution in [2.45, 2.75) is 46.8 Å². The van der Waals surface area contributed by atoms with E-state index >= 15 is 0 Å². The highest BCUT2D eigenvalue weighted by atomic mass is 16.6. The van der Waals surface area contributed by atoms with Gasteiger partial charge in [-0.15, -0.1) is 0 Å². The Morgan fingerprint density at radius 1 is 1.18 bits per heavy atom. The second-order valence-corrected chi connectivity index (χ2v) is 8.75. The minimum Gasteiger partial charge on any atom is -0.444 e. The molecule has 0 saturated carbocycles. The molecule has 0 bridgehead atoms. The van der Waals surface area contributed by atoms with E-state index in [9.17, 15) is 14.4 Å². The molecule has 3 amide bonds. The van der Waals surface area contributed by atoms with Gasteiger partial charge in [0.05, 0.1) is 23.1 Å². The molecule has 0 atom stereocenters. The van der Waals surface area contributed by atoms with Crippen molar-refractivity contribution in [3.8, 4) is 0 Å². The molecule has 2 aromatic heterocycles. The van der Waals surface area contributed by atoms with Gasteiger partial charge in [0.2, 0.25) is 0 Å². The van der Waals surface area contributed by atoms with Crippen LogP contribution in [0.5, 0.6) is 0 Å². The van der Waals surface area contributed by atoms with E-state index in [0.717, 1.165) is 5.69 Å². The summed E-state index contributed by atoms with van der Waals surface area (Å²) in [7, 11) is 1.64. The van der Waals surface area contributed by atoms with E-state index in [1.807, 2.05) is 12.1 Å². The number of aryl methyl sites for hydroxylation is 1. The molecule has 2 heterocycles. The van der Waals surface area contributed by atoms with Gasteiger partial charge in [-0.2, -0.15) is 4.98 Å². The summed E-state index contributed by atoms with van der Waals surface area (Å²) in [6, 6.07) is 8.19. The van der Waals surface area contributed by atoms with E-state index in [-0.39, 0.29) is 30.5 Å². The van der Waals surface area contributed by atoms with Crippen LogP contribution in [0.1, 0.15) is 39.0 Å². The van der Waals surface area contributed by atoms with Crippen LogP contribution in [0.15, 0.2) is 45.7 Å². The van der Waals surface area contributed by atoms with Crippen LogP contribution in [-0.2, 0) is 11.3 Å². The van der Waals surface area contributed by atoms with E-state index in [2.05, 4.69) is 15.3 Å². The Bertz CT molecular complexity index is 1250. The summed E-state index contributed by atoms with van der Waals surface area (Å²) in [4.78, 5) is 49.5. The number of aromatic nitrogens is 2. The number of hydrogen-bond acceptors (Lipinski definition) is 7. The van der Waals surface area contributed by atoms with Crippen LogP contribution in [0.25, 0.3) is 10.9 Å². The summed E-state index contributed by atoms with van der Waals surface area (Å²) in [5, 5.41) is 2.86. The summed E-state index contributed by atoms with van der Waals surface area (Å²) in [6.45, 7) is 9.24. The Morgan fingerprint density at radius 2 is 1.91 bits per heavy atom. The number of urea groups is 1. The zero-order valence-corrected chi connectivity index (χ0v) is 20.2. The summed E-state index contributed by atoms with van der Waals surface area (Å²) in [5.41, 5.74) is 0.633. The fraction of sp³-hybridized carbons (Fsp3) is 0.375. The van der Waals surface area contributed by atoms with E-state index in [1.165, 1.54) is 9.80 Å². The van der Waals surface area contributed by atoms with Gasteiger partial charge < -0.3 is 14.1 Å². The first-order valence-electron chi connectivity index (χ1n) is 10.9. The monoisotopic (exact) mass is 467 g/mol. The zero-order chi connectivity index (χ0) is 25.0. The molecular formula is C24H29N5O5. The molecular weight excluding hydrogens is 438 g/mol. The first-order valence-corrected chi connectivity index (χ1v) is 10.9. The lowest BCUT2D eigenvalue weighted by Crippen LogP contribution is -2.41. The smallest absolute Gasteiger partial charge is 0.412 e. The molecule has 3 rings (SSSR count).